The second-order valence-corrected chi connectivity index (χ2v) is 6.33. The van der Waals surface area contributed by atoms with Crippen molar-refractivity contribution in [2.75, 3.05) is 18.1 Å². The summed E-state index contributed by atoms with van der Waals surface area (Å²) in [6, 6.07) is 14.9. The molecule has 0 unspecified atom stereocenters. The number of anilines is 1. The molecule has 26 heavy (non-hydrogen) atoms. The van der Waals surface area contributed by atoms with E-state index >= 15 is 0 Å². The molecule has 5 heteroatoms. The average molecular weight is 353 g/mol. The Kier molecular flexibility index (Phi) is 5.89. The number of hydrogen-bond donors (Lipinski definition) is 0. The number of amides is 1. The van der Waals surface area contributed by atoms with Gasteiger partial charge in [0.2, 0.25) is 5.91 Å². The van der Waals surface area contributed by atoms with Gasteiger partial charge < -0.3 is 14.4 Å². The molecule has 1 saturated heterocycles. The minimum absolute atomic E-state index is 0.142. The predicted molar refractivity (Wildman–Crippen MR) is 99.6 cm³/mol. The minimum atomic E-state index is -0.289. The molecule has 0 N–H and O–H groups in total. The van der Waals surface area contributed by atoms with E-state index in [1.54, 1.807) is 17.0 Å². The van der Waals surface area contributed by atoms with Gasteiger partial charge in [0.1, 0.15) is 11.5 Å². The standard InChI is InChI=1S/C21H23NO4/c1-16-6-2-3-7-19(16)25-15-5-9-21(24)26-18-12-10-17(11-13-18)22-14-4-8-20(22)23/h2-3,6-7,10-13H,4-5,8-9,14-15H2,1H3. The second-order valence-electron chi connectivity index (χ2n) is 6.33. The van der Waals surface area contributed by atoms with Crippen molar-refractivity contribution in [3.63, 3.8) is 0 Å². The summed E-state index contributed by atoms with van der Waals surface area (Å²) in [6.07, 6.45) is 2.37. The molecule has 0 saturated carbocycles. The molecule has 0 aromatic heterocycles. The van der Waals surface area contributed by atoms with E-state index in [4.69, 9.17) is 9.47 Å². The van der Waals surface area contributed by atoms with Crippen LogP contribution in [-0.4, -0.2) is 25.0 Å². The van der Waals surface area contributed by atoms with E-state index in [9.17, 15) is 9.59 Å². The third-order valence-corrected chi connectivity index (χ3v) is 4.33. The van der Waals surface area contributed by atoms with Crippen LogP contribution in [-0.2, 0) is 9.59 Å². The van der Waals surface area contributed by atoms with Gasteiger partial charge in [-0.3, -0.25) is 9.59 Å². The van der Waals surface area contributed by atoms with Crippen molar-refractivity contribution < 1.29 is 19.1 Å². The molecule has 1 amide bonds. The maximum atomic E-state index is 11.9. The highest BCUT2D eigenvalue weighted by Gasteiger charge is 2.21. The molecule has 5 nitrogen and oxygen atoms in total. The van der Waals surface area contributed by atoms with E-state index in [0.29, 0.717) is 25.2 Å². The van der Waals surface area contributed by atoms with Crippen LogP contribution in [0, 0.1) is 6.92 Å². The first-order valence-electron chi connectivity index (χ1n) is 8.93. The van der Waals surface area contributed by atoms with Crippen molar-refractivity contribution in [2.45, 2.75) is 32.6 Å². The van der Waals surface area contributed by atoms with E-state index in [2.05, 4.69) is 0 Å². The first-order chi connectivity index (χ1) is 12.6. The van der Waals surface area contributed by atoms with Crippen LogP contribution in [0.25, 0.3) is 0 Å². The van der Waals surface area contributed by atoms with Crippen LogP contribution in [0.4, 0.5) is 5.69 Å². The zero-order valence-corrected chi connectivity index (χ0v) is 14.9. The van der Waals surface area contributed by atoms with Gasteiger partial charge in [-0.15, -0.1) is 0 Å². The maximum Gasteiger partial charge on any atom is 0.311 e. The smallest absolute Gasteiger partial charge is 0.311 e. The average Bonchev–Trinajstić information content (AvgIpc) is 3.07. The number of nitrogens with zero attached hydrogens (tertiary/aromatic N) is 1. The third kappa shape index (κ3) is 4.63. The number of ether oxygens (including phenoxy) is 2. The monoisotopic (exact) mass is 353 g/mol. The van der Waals surface area contributed by atoms with Crippen molar-refractivity contribution in [3.05, 3.63) is 54.1 Å². The van der Waals surface area contributed by atoms with Gasteiger partial charge in [-0.25, -0.2) is 0 Å². The summed E-state index contributed by atoms with van der Waals surface area (Å²) < 4.78 is 11.0. The van der Waals surface area contributed by atoms with E-state index in [-0.39, 0.29) is 18.3 Å². The zero-order chi connectivity index (χ0) is 18.4. The summed E-state index contributed by atoms with van der Waals surface area (Å²) >= 11 is 0. The third-order valence-electron chi connectivity index (χ3n) is 4.33. The molecule has 1 heterocycles. The highest BCUT2D eigenvalue weighted by Crippen LogP contribution is 2.24. The molecule has 1 aliphatic rings. The highest BCUT2D eigenvalue weighted by atomic mass is 16.5. The fourth-order valence-corrected chi connectivity index (χ4v) is 2.91. The predicted octanol–water partition coefficient (Wildman–Crippen LogP) is 3.89. The van der Waals surface area contributed by atoms with Gasteiger partial charge in [-0.05, 0) is 55.7 Å². The molecule has 1 aliphatic heterocycles. The number of carbonyl (C=O) groups is 2. The molecular formula is C21H23NO4. The lowest BCUT2D eigenvalue weighted by atomic mass is 10.2. The van der Waals surface area contributed by atoms with Crippen molar-refractivity contribution in [3.8, 4) is 11.5 Å². The van der Waals surface area contributed by atoms with Crippen LogP contribution in [0.2, 0.25) is 0 Å². The van der Waals surface area contributed by atoms with E-state index in [0.717, 1.165) is 30.0 Å². The Morgan fingerprint density at radius 3 is 2.58 bits per heavy atom. The second kappa shape index (κ2) is 8.52. The molecule has 1 fully saturated rings. The summed E-state index contributed by atoms with van der Waals surface area (Å²) in [4.78, 5) is 25.4. The van der Waals surface area contributed by atoms with Gasteiger partial charge in [-0.2, -0.15) is 0 Å². The molecule has 0 bridgehead atoms. The SMILES string of the molecule is Cc1ccccc1OCCCC(=O)Oc1ccc(N2CCCC2=O)cc1. The Morgan fingerprint density at radius 2 is 1.88 bits per heavy atom. The van der Waals surface area contributed by atoms with Crippen LogP contribution in [0.3, 0.4) is 0 Å². The van der Waals surface area contributed by atoms with Crippen molar-refractivity contribution >= 4 is 17.6 Å². The van der Waals surface area contributed by atoms with Gasteiger partial charge >= 0.3 is 5.97 Å². The lowest BCUT2D eigenvalue weighted by molar-refractivity contribution is -0.134. The molecule has 2 aromatic carbocycles. The van der Waals surface area contributed by atoms with Crippen molar-refractivity contribution in [1.82, 2.24) is 0 Å². The van der Waals surface area contributed by atoms with Crippen LogP contribution >= 0.6 is 0 Å². The van der Waals surface area contributed by atoms with Crippen LogP contribution in [0.15, 0.2) is 48.5 Å². The Hall–Kier alpha value is -2.82. The van der Waals surface area contributed by atoms with Crippen LogP contribution in [0.1, 0.15) is 31.2 Å². The van der Waals surface area contributed by atoms with Gasteiger partial charge in [-0.1, -0.05) is 18.2 Å². The van der Waals surface area contributed by atoms with E-state index in [1.165, 1.54) is 0 Å². The lowest BCUT2D eigenvalue weighted by Gasteiger charge is -2.15. The fourth-order valence-electron chi connectivity index (χ4n) is 2.91. The maximum absolute atomic E-state index is 11.9. The van der Waals surface area contributed by atoms with E-state index < -0.39 is 0 Å². The number of hydrogen-bond acceptors (Lipinski definition) is 4. The molecule has 136 valence electrons. The molecule has 0 radical (unpaired) electrons. The van der Waals surface area contributed by atoms with E-state index in [1.807, 2.05) is 43.3 Å². The number of aryl methyl sites for hydroxylation is 1. The zero-order valence-electron chi connectivity index (χ0n) is 14.9. The largest absolute Gasteiger partial charge is 0.493 e. The molecule has 3 rings (SSSR count). The van der Waals surface area contributed by atoms with Crippen LogP contribution in [0.5, 0.6) is 11.5 Å². The fraction of sp³-hybridized carbons (Fsp3) is 0.333. The Morgan fingerprint density at radius 1 is 1.12 bits per heavy atom. The van der Waals surface area contributed by atoms with Gasteiger partial charge in [0.05, 0.1) is 6.61 Å². The Labute approximate surface area is 153 Å². The van der Waals surface area contributed by atoms with Gasteiger partial charge in [0, 0.05) is 25.1 Å². The first-order valence-corrected chi connectivity index (χ1v) is 8.93. The highest BCUT2D eigenvalue weighted by molar-refractivity contribution is 5.95. The molecule has 0 aliphatic carbocycles. The Balaban J connectivity index is 1.42. The molecule has 0 atom stereocenters. The molecular weight excluding hydrogens is 330 g/mol. The number of para-hydroxylation sites is 1. The number of esters is 1. The minimum Gasteiger partial charge on any atom is -0.493 e. The van der Waals surface area contributed by atoms with Crippen molar-refractivity contribution in [2.24, 2.45) is 0 Å². The Bertz CT molecular complexity index is 770. The summed E-state index contributed by atoms with van der Waals surface area (Å²) in [6.45, 7) is 3.21. The quantitative estimate of drug-likeness (QED) is 0.430. The summed E-state index contributed by atoms with van der Waals surface area (Å²) in [7, 11) is 0. The normalized spacial score (nSPS) is 13.7. The first kappa shape index (κ1) is 18.0. The number of rotatable bonds is 7. The number of carbonyl (C=O) groups excluding carboxylic acids is 2. The molecule has 0 spiro atoms. The number of benzene rings is 2. The molecule has 2 aromatic rings. The summed E-state index contributed by atoms with van der Waals surface area (Å²) in [5.41, 5.74) is 1.92. The van der Waals surface area contributed by atoms with Gasteiger partial charge in [0.15, 0.2) is 0 Å². The lowest BCUT2D eigenvalue weighted by Crippen LogP contribution is -2.23. The van der Waals surface area contributed by atoms with Crippen LogP contribution < -0.4 is 14.4 Å². The summed E-state index contributed by atoms with van der Waals surface area (Å²) in [5, 5.41) is 0. The summed E-state index contributed by atoms with van der Waals surface area (Å²) in [5.74, 6) is 1.19. The van der Waals surface area contributed by atoms with Crippen molar-refractivity contribution in [1.29, 1.82) is 0 Å². The van der Waals surface area contributed by atoms with Gasteiger partial charge in [0.25, 0.3) is 0 Å². The topological polar surface area (TPSA) is 55.8 Å².